The van der Waals surface area contributed by atoms with E-state index in [1.165, 1.54) is 11.9 Å². The van der Waals surface area contributed by atoms with E-state index in [9.17, 15) is 33.9 Å². The molecule has 2 saturated heterocycles. The molecule has 1 aliphatic carbocycles. The van der Waals surface area contributed by atoms with Crippen LogP contribution in [0.5, 0.6) is 0 Å². The van der Waals surface area contributed by atoms with Crippen LogP contribution in [0.15, 0.2) is 94.7 Å². The zero-order valence-electron chi connectivity index (χ0n) is 70.8. The average Bonchev–Trinajstić information content (AvgIpc) is 1.61. The number of fused-ring (bicyclic) bond motifs is 3. The van der Waals surface area contributed by atoms with E-state index >= 15 is 0 Å². The summed E-state index contributed by atoms with van der Waals surface area (Å²) in [5, 5.41) is 19.5. The van der Waals surface area contributed by atoms with Crippen molar-refractivity contribution < 1.29 is 95.1 Å². The molecule has 2 unspecified atom stereocenters. The minimum atomic E-state index is -0.881. The van der Waals surface area contributed by atoms with E-state index in [0.29, 0.717) is 217 Å². The molecule has 6 heterocycles. The summed E-state index contributed by atoms with van der Waals surface area (Å²) in [6.07, 6.45) is 24.6. The van der Waals surface area contributed by atoms with Crippen LogP contribution in [0.3, 0.4) is 0 Å². The minimum Gasteiger partial charge on any atom is -0.465 e. The number of carbonyl (C=O) groups excluding carboxylic acids is 6. The lowest BCUT2D eigenvalue weighted by Crippen LogP contribution is -2.46. The van der Waals surface area contributed by atoms with Gasteiger partial charge in [-0.3, -0.25) is 24.0 Å². The number of nitrogens with two attached hydrogens (primary N) is 2. The standard InChI is InChI=1S/C89H130N10O20/c1-62(14-9-7-10-15-64(3)80(107-6)56-74-16-13-17-79(117-74)84(104)87(105)97-33-11-8-12-34-97)52-65(4)76(101)57-77(102)66(5)53-63(2)18-25-72(116-61-100)26-20-67-21-27-73(28-22-67)118-89(106)92-32-37-109-39-41-111-43-45-113-47-49-115-51-50-114-48-46-112-44-42-110-40-38-108-36-31-81(103)98-35-30-69-54-68(19-23-71(69)59-98)58-99-86-82(85(90)93-60-94-86)83(96-99)70-24-29-78-75(55-70)95-88(91)119-78/h7,9-10,14-15,19,23-24,29,53-55,60-63,65,67,72-74,77,79-80,102H,8,11-13,16-18,20-22,25-28,30-52,56-59H2,1-6H3,(H2,91,95)(H,92,106)(H2,90,93,94)/b10-7+,14-9+,64-15+,66-53+/t62-,63+,65-,67-,72+,73-,74?,77+,79?,80+/m1/s1. The summed E-state index contributed by atoms with van der Waals surface area (Å²) < 4.78 is 75.5. The summed E-state index contributed by atoms with van der Waals surface area (Å²) in [4.78, 5) is 93.1. The van der Waals surface area contributed by atoms with E-state index < -0.39 is 30.0 Å². The molecule has 30 nitrogen and oxygen atoms in total. The first-order valence-corrected chi connectivity index (χ1v) is 42.9. The number of amides is 3. The van der Waals surface area contributed by atoms with Crippen LogP contribution in [-0.4, -0.2) is 251 Å². The molecule has 3 fully saturated rings. The number of hydrogen-bond acceptors (Lipinski definition) is 26. The summed E-state index contributed by atoms with van der Waals surface area (Å²) in [6.45, 7) is 20.1. The summed E-state index contributed by atoms with van der Waals surface area (Å²) in [7, 11) is 1.67. The van der Waals surface area contributed by atoms with E-state index in [1.54, 1.807) is 18.1 Å². The Balaban J connectivity index is 0.495. The van der Waals surface area contributed by atoms with Gasteiger partial charge < -0.3 is 92.9 Å². The molecule has 4 aliphatic rings. The van der Waals surface area contributed by atoms with Crippen molar-refractivity contribution in [2.45, 2.75) is 206 Å². The largest absolute Gasteiger partial charge is 0.465 e. The number of hydrogen-bond donors (Lipinski definition) is 4. The van der Waals surface area contributed by atoms with Crippen molar-refractivity contribution >= 4 is 69.9 Å². The van der Waals surface area contributed by atoms with Crippen molar-refractivity contribution in [2.24, 2.45) is 23.7 Å². The first-order valence-electron chi connectivity index (χ1n) is 42.9. The number of allylic oxidation sites excluding steroid dienone is 6. The lowest BCUT2D eigenvalue weighted by molar-refractivity contribution is -0.157. The molecule has 9 rings (SSSR count). The zero-order chi connectivity index (χ0) is 84.5. The Bertz CT molecular complexity index is 4060. The highest BCUT2D eigenvalue weighted by Crippen LogP contribution is 2.35. The number of methoxy groups -OCH3 is 1. The number of aromatic nitrogens is 5. The van der Waals surface area contributed by atoms with Gasteiger partial charge >= 0.3 is 6.09 Å². The van der Waals surface area contributed by atoms with Gasteiger partial charge in [0, 0.05) is 64.2 Å². The molecule has 3 amide bonds. The van der Waals surface area contributed by atoms with Crippen LogP contribution in [0.25, 0.3) is 33.4 Å². The average molecular weight is 1660 g/mol. The van der Waals surface area contributed by atoms with Gasteiger partial charge in [-0.1, -0.05) is 75.4 Å². The fourth-order valence-electron chi connectivity index (χ4n) is 15.6. The normalized spacial score (nSPS) is 19.1. The highest BCUT2D eigenvalue weighted by atomic mass is 16.6. The zero-order valence-corrected chi connectivity index (χ0v) is 70.8. The lowest BCUT2D eigenvalue weighted by Gasteiger charge is -2.33. The van der Waals surface area contributed by atoms with Crippen LogP contribution < -0.4 is 16.8 Å². The maximum Gasteiger partial charge on any atom is 0.407 e. The summed E-state index contributed by atoms with van der Waals surface area (Å²) in [5.74, 6) is 0.00119. The topological polar surface area (TPSA) is 374 Å². The molecular formula is C89H130N10O20. The first-order chi connectivity index (χ1) is 57.8. The predicted molar refractivity (Wildman–Crippen MR) is 450 cm³/mol. The highest BCUT2D eigenvalue weighted by Gasteiger charge is 2.36. The van der Waals surface area contributed by atoms with Crippen LogP contribution in [0.4, 0.5) is 16.6 Å². The van der Waals surface area contributed by atoms with E-state index in [1.807, 2.05) is 72.9 Å². The molecule has 5 aromatic rings. The molecule has 6 N–H and O–H groups in total. The molecule has 3 aliphatic heterocycles. The molecule has 0 spiro atoms. The van der Waals surface area contributed by atoms with Crippen molar-refractivity contribution in [2.75, 3.05) is 150 Å². The van der Waals surface area contributed by atoms with E-state index in [0.717, 1.165) is 111 Å². The number of nitrogen functional groups attached to an aromatic ring is 2. The minimum absolute atomic E-state index is 0.0155. The molecule has 656 valence electrons. The monoisotopic (exact) mass is 1660 g/mol. The Morgan fingerprint density at radius 3 is 2.04 bits per heavy atom. The van der Waals surface area contributed by atoms with E-state index in [2.05, 4.69) is 58.4 Å². The Hall–Kier alpha value is -8.40. The Kier molecular flexibility index (Phi) is 41.3. The van der Waals surface area contributed by atoms with Crippen LogP contribution >= 0.6 is 0 Å². The molecular weight excluding hydrogens is 1530 g/mol. The fourth-order valence-corrected chi connectivity index (χ4v) is 15.6. The molecule has 1 saturated carbocycles. The Morgan fingerprint density at radius 2 is 1.37 bits per heavy atom. The van der Waals surface area contributed by atoms with Crippen molar-refractivity contribution in [1.82, 2.24) is 39.8 Å². The van der Waals surface area contributed by atoms with Crippen molar-refractivity contribution in [3.63, 3.8) is 0 Å². The Labute approximate surface area is 700 Å². The number of nitrogens with zero attached hydrogens (tertiary/aromatic N) is 7. The third-order valence-electron chi connectivity index (χ3n) is 22.5. The number of benzene rings is 2. The molecule has 30 heteroatoms. The third-order valence-corrected chi connectivity index (χ3v) is 22.5. The lowest BCUT2D eigenvalue weighted by atomic mass is 9.83. The second-order valence-corrected chi connectivity index (χ2v) is 31.7. The molecule has 8 atom stereocenters. The summed E-state index contributed by atoms with van der Waals surface area (Å²) >= 11 is 0. The van der Waals surface area contributed by atoms with E-state index in [4.69, 9.17) is 77.8 Å². The van der Waals surface area contributed by atoms with Gasteiger partial charge in [0.25, 0.3) is 18.4 Å². The molecule has 0 bridgehead atoms. The second kappa shape index (κ2) is 52.0. The molecule has 0 radical (unpaired) electrons. The van der Waals surface area contributed by atoms with Crippen molar-refractivity contribution in [1.29, 1.82) is 0 Å². The number of ketones is 2. The first kappa shape index (κ1) is 94.5. The number of oxazole rings is 1. The number of Topliss-reactive ketones (excluding diaryl/α,β-unsaturated/α-hetero) is 2. The maximum absolute atomic E-state index is 13.3. The van der Waals surface area contributed by atoms with Crippen molar-refractivity contribution in [3.8, 4) is 11.3 Å². The third kappa shape index (κ3) is 32.5. The maximum atomic E-state index is 13.3. The smallest absolute Gasteiger partial charge is 0.407 e. The SMILES string of the molecule is CO[C@@H](CC1CCCC(C(=O)C(=O)N2CCCCC2)O1)/C(C)=C/C=C/C=C/[C@@H](C)C[C@@H](C)C(=O)C[C@H](O)/C(C)=C/[C@@H](C)CC[C@@H](CC[C@H]1CC[C@H](OC(=O)NCCOCCOCCOCCOCCOCCOCCOCCOCCC(=O)N2CCc3cc(Cn4nc(-c5ccc6oc(N)nc6c5)c5c(N)ncnc54)ccc3C2)CC1)OC=O. The highest BCUT2D eigenvalue weighted by molar-refractivity contribution is 6.37. The fraction of sp³-hybridized carbons (Fsp3) is 0.640. The van der Waals surface area contributed by atoms with Gasteiger partial charge in [0.1, 0.15) is 47.5 Å². The number of aliphatic hydroxyl groups excluding tert-OH is 1. The molecule has 119 heavy (non-hydrogen) atoms. The number of nitrogens with one attached hydrogen (secondary N) is 1. The number of piperidine rings is 1. The Morgan fingerprint density at radius 1 is 0.697 bits per heavy atom. The van der Waals surface area contributed by atoms with Crippen LogP contribution in [0, 0.1) is 23.7 Å². The van der Waals surface area contributed by atoms with Crippen LogP contribution in [0.2, 0.25) is 0 Å². The molecule has 3 aromatic heterocycles. The van der Waals surface area contributed by atoms with Gasteiger partial charge in [-0.15, -0.1) is 0 Å². The summed E-state index contributed by atoms with van der Waals surface area (Å²) in [6, 6.07) is 12.0. The van der Waals surface area contributed by atoms with Gasteiger partial charge in [0.15, 0.2) is 11.2 Å². The van der Waals surface area contributed by atoms with E-state index in [-0.39, 0.29) is 72.7 Å². The van der Waals surface area contributed by atoms with Crippen LogP contribution in [-0.2, 0) is 100 Å². The van der Waals surface area contributed by atoms with Gasteiger partial charge in [0.2, 0.25) is 11.7 Å². The van der Waals surface area contributed by atoms with Crippen LogP contribution in [0.1, 0.15) is 167 Å². The number of alkyl carbamates (subject to hydrolysis) is 1. The van der Waals surface area contributed by atoms with Gasteiger partial charge in [-0.2, -0.15) is 10.1 Å². The van der Waals surface area contributed by atoms with Crippen molar-refractivity contribution in [3.05, 3.63) is 107 Å². The number of rotatable bonds is 55. The van der Waals surface area contributed by atoms with Gasteiger partial charge in [-0.05, 0) is 180 Å². The van der Waals surface area contributed by atoms with Gasteiger partial charge in [-0.25, -0.2) is 19.4 Å². The number of ether oxygens (including phenoxy) is 12. The van der Waals surface area contributed by atoms with Gasteiger partial charge in [0.05, 0.1) is 142 Å². The summed E-state index contributed by atoms with van der Waals surface area (Å²) in [5.41, 5.74) is 20.5. The number of likely N-dealkylation sites (tertiary alicyclic amines) is 1. The molecule has 2 aromatic carbocycles. The quantitative estimate of drug-likeness (QED) is 0.00923. The number of anilines is 2. The second-order valence-electron chi connectivity index (χ2n) is 31.7. The number of carbonyl (C=O) groups is 6. The number of aliphatic hydroxyl groups is 1. The predicted octanol–water partition coefficient (Wildman–Crippen LogP) is 11.2.